The predicted octanol–water partition coefficient (Wildman–Crippen LogP) is 2.39. The molecule has 0 aromatic heterocycles. The summed E-state index contributed by atoms with van der Waals surface area (Å²) < 4.78 is 5.39. The number of alkyl halides is 1. The van der Waals surface area contributed by atoms with Crippen molar-refractivity contribution in [2.24, 2.45) is 0 Å². The van der Waals surface area contributed by atoms with Crippen LogP contribution in [0.2, 0.25) is 0 Å². The lowest BCUT2D eigenvalue weighted by atomic mass is 10.1. The SMILES string of the molecule is O=C1CCCN1c1ccc(N2CCOCC2)c(CCl)c1. The molecule has 1 aromatic carbocycles. The highest BCUT2D eigenvalue weighted by Crippen LogP contribution is 2.30. The third-order valence-electron chi connectivity index (χ3n) is 3.94. The molecule has 0 saturated carbocycles. The van der Waals surface area contributed by atoms with Gasteiger partial charge in [-0.05, 0) is 30.2 Å². The zero-order valence-electron chi connectivity index (χ0n) is 11.5. The molecular weight excluding hydrogens is 276 g/mol. The lowest BCUT2D eigenvalue weighted by Gasteiger charge is -2.31. The zero-order chi connectivity index (χ0) is 13.9. The molecule has 2 saturated heterocycles. The first-order chi connectivity index (χ1) is 9.79. The maximum Gasteiger partial charge on any atom is 0.227 e. The fourth-order valence-corrected chi connectivity index (χ4v) is 3.09. The van der Waals surface area contributed by atoms with E-state index in [-0.39, 0.29) is 5.91 Å². The van der Waals surface area contributed by atoms with E-state index in [1.807, 2.05) is 11.0 Å². The van der Waals surface area contributed by atoms with Crippen LogP contribution in [0, 0.1) is 0 Å². The number of anilines is 2. The summed E-state index contributed by atoms with van der Waals surface area (Å²) in [4.78, 5) is 16.0. The van der Waals surface area contributed by atoms with Gasteiger partial charge in [0.25, 0.3) is 0 Å². The molecule has 0 unspecified atom stereocenters. The molecule has 3 rings (SSSR count). The normalized spacial score (nSPS) is 19.8. The topological polar surface area (TPSA) is 32.8 Å². The van der Waals surface area contributed by atoms with Crippen molar-refractivity contribution in [2.45, 2.75) is 18.7 Å². The standard InChI is InChI=1S/C15H19ClN2O2/c16-11-12-10-13(18-5-1-2-15(18)19)3-4-14(12)17-6-8-20-9-7-17/h3-4,10H,1-2,5-9,11H2. The molecule has 1 aromatic rings. The molecule has 5 heteroatoms. The third-order valence-corrected chi connectivity index (χ3v) is 4.23. The van der Waals surface area contributed by atoms with Crippen LogP contribution in [0.3, 0.4) is 0 Å². The summed E-state index contributed by atoms with van der Waals surface area (Å²) in [7, 11) is 0. The number of benzene rings is 1. The van der Waals surface area contributed by atoms with E-state index in [0.717, 1.165) is 50.5 Å². The highest BCUT2D eigenvalue weighted by Gasteiger charge is 2.23. The van der Waals surface area contributed by atoms with Crippen molar-refractivity contribution in [1.82, 2.24) is 0 Å². The number of carbonyl (C=O) groups is 1. The van der Waals surface area contributed by atoms with Gasteiger partial charge in [0.15, 0.2) is 0 Å². The summed E-state index contributed by atoms with van der Waals surface area (Å²) in [5.41, 5.74) is 3.23. The Morgan fingerprint density at radius 2 is 2.00 bits per heavy atom. The molecule has 0 radical (unpaired) electrons. The molecule has 2 aliphatic rings. The third kappa shape index (κ3) is 2.63. The van der Waals surface area contributed by atoms with E-state index in [0.29, 0.717) is 12.3 Å². The fraction of sp³-hybridized carbons (Fsp3) is 0.533. The average molecular weight is 295 g/mol. The van der Waals surface area contributed by atoms with Crippen molar-refractivity contribution < 1.29 is 9.53 Å². The Balaban J connectivity index is 1.87. The second kappa shape index (κ2) is 6.02. The average Bonchev–Trinajstić information content (AvgIpc) is 2.93. The summed E-state index contributed by atoms with van der Waals surface area (Å²) >= 11 is 6.10. The van der Waals surface area contributed by atoms with Crippen molar-refractivity contribution in [3.05, 3.63) is 23.8 Å². The van der Waals surface area contributed by atoms with Gasteiger partial charge >= 0.3 is 0 Å². The summed E-state index contributed by atoms with van der Waals surface area (Å²) in [6, 6.07) is 6.18. The summed E-state index contributed by atoms with van der Waals surface area (Å²) in [6.07, 6.45) is 1.60. The van der Waals surface area contributed by atoms with E-state index in [4.69, 9.17) is 16.3 Å². The van der Waals surface area contributed by atoms with Crippen molar-refractivity contribution in [3.8, 4) is 0 Å². The minimum atomic E-state index is 0.213. The number of hydrogen-bond donors (Lipinski definition) is 0. The van der Waals surface area contributed by atoms with Crippen LogP contribution in [-0.2, 0) is 15.4 Å². The first-order valence-electron chi connectivity index (χ1n) is 7.11. The Labute approximate surface area is 124 Å². The van der Waals surface area contributed by atoms with Crippen LogP contribution in [0.1, 0.15) is 18.4 Å². The first kappa shape index (κ1) is 13.7. The van der Waals surface area contributed by atoms with Crippen LogP contribution >= 0.6 is 11.6 Å². The molecule has 2 fully saturated rings. The van der Waals surface area contributed by atoms with E-state index >= 15 is 0 Å². The van der Waals surface area contributed by atoms with Gasteiger partial charge < -0.3 is 14.5 Å². The van der Waals surface area contributed by atoms with Gasteiger partial charge in [-0.25, -0.2) is 0 Å². The Hall–Kier alpha value is -1.26. The van der Waals surface area contributed by atoms with Gasteiger partial charge in [-0.3, -0.25) is 4.79 Å². The number of nitrogens with zero attached hydrogens (tertiary/aromatic N) is 2. The molecule has 0 aliphatic carbocycles. The smallest absolute Gasteiger partial charge is 0.227 e. The van der Waals surface area contributed by atoms with Crippen LogP contribution in [0.5, 0.6) is 0 Å². The summed E-state index contributed by atoms with van der Waals surface area (Å²) in [5, 5.41) is 0. The van der Waals surface area contributed by atoms with Crippen molar-refractivity contribution >= 4 is 28.9 Å². The minimum absolute atomic E-state index is 0.213. The maximum atomic E-state index is 11.8. The van der Waals surface area contributed by atoms with Crippen LogP contribution in [0.15, 0.2) is 18.2 Å². The quantitative estimate of drug-likeness (QED) is 0.803. The number of ether oxygens (including phenoxy) is 1. The molecule has 0 N–H and O–H groups in total. The van der Waals surface area contributed by atoms with E-state index in [9.17, 15) is 4.79 Å². The number of rotatable bonds is 3. The molecule has 1 amide bonds. The summed E-state index contributed by atoms with van der Waals surface area (Å²) in [5.74, 6) is 0.674. The van der Waals surface area contributed by atoms with Gasteiger partial charge in [-0.15, -0.1) is 11.6 Å². The second-order valence-electron chi connectivity index (χ2n) is 5.19. The maximum absolute atomic E-state index is 11.8. The Morgan fingerprint density at radius 3 is 2.65 bits per heavy atom. The second-order valence-corrected chi connectivity index (χ2v) is 5.46. The highest BCUT2D eigenvalue weighted by molar-refractivity contribution is 6.17. The number of halogens is 1. The number of hydrogen-bond acceptors (Lipinski definition) is 3. The van der Waals surface area contributed by atoms with E-state index in [1.165, 1.54) is 5.69 Å². The van der Waals surface area contributed by atoms with Crippen molar-refractivity contribution in [3.63, 3.8) is 0 Å². The molecule has 4 nitrogen and oxygen atoms in total. The van der Waals surface area contributed by atoms with E-state index in [1.54, 1.807) is 0 Å². The minimum Gasteiger partial charge on any atom is -0.378 e. The van der Waals surface area contributed by atoms with Gasteiger partial charge in [0.2, 0.25) is 5.91 Å². The van der Waals surface area contributed by atoms with Crippen LogP contribution < -0.4 is 9.80 Å². The Bertz CT molecular complexity index is 501. The number of morpholine rings is 1. The van der Waals surface area contributed by atoms with Crippen LogP contribution in [0.25, 0.3) is 0 Å². The highest BCUT2D eigenvalue weighted by atomic mass is 35.5. The lowest BCUT2D eigenvalue weighted by Crippen LogP contribution is -2.36. The van der Waals surface area contributed by atoms with Gasteiger partial charge in [-0.1, -0.05) is 0 Å². The van der Waals surface area contributed by atoms with Crippen molar-refractivity contribution in [1.29, 1.82) is 0 Å². The molecule has 2 aliphatic heterocycles. The number of carbonyl (C=O) groups excluding carboxylic acids is 1. The Morgan fingerprint density at radius 1 is 1.20 bits per heavy atom. The monoisotopic (exact) mass is 294 g/mol. The van der Waals surface area contributed by atoms with E-state index in [2.05, 4.69) is 17.0 Å². The molecular formula is C15H19ClN2O2. The molecule has 0 atom stereocenters. The van der Waals surface area contributed by atoms with Crippen LogP contribution in [0.4, 0.5) is 11.4 Å². The molecule has 20 heavy (non-hydrogen) atoms. The van der Waals surface area contributed by atoms with E-state index < -0.39 is 0 Å². The summed E-state index contributed by atoms with van der Waals surface area (Å²) in [6.45, 7) is 4.12. The molecule has 0 spiro atoms. The largest absolute Gasteiger partial charge is 0.378 e. The van der Waals surface area contributed by atoms with Gasteiger partial charge in [-0.2, -0.15) is 0 Å². The zero-order valence-corrected chi connectivity index (χ0v) is 12.2. The van der Waals surface area contributed by atoms with Gasteiger partial charge in [0.05, 0.1) is 13.2 Å². The predicted molar refractivity (Wildman–Crippen MR) is 80.6 cm³/mol. The molecule has 0 bridgehead atoms. The fourth-order valence-electron chi connectivity index (χ4n) is 2.88. The Kier molecular flexibility index (Phi) is 4.13. The molecule has 108 valence electrons. The van der Waals surface area contributed by atoms with Gasteiger partial charge in [0, 0.05) is 43.3 Å². The lowest BCUT2D eigenvalue weighted by molar-refractivity contribution is -0.117. The number of amides is 1. The first-order valence-corrected chi connectivity index (χ1v) is 7.65. The van der Waals surface area contributed by atoms with Gasteiger partial charge in [0.1, 0.15) is 0 Å². The molecule has 2 heterocycles. The van der Waals surface area contributed by atoms with Crippen molar-refractivity contribution in [2.75, 3.05) is 42.6 Å². The van der Waals surface area contributed by atoms with Crippen LogP contribution in [-0.4, -0.2) is 38.8 Å².